The van der Waals surface area contributed by atoms with Gasteiger partial charge < -0.3 is 9.80 Å². The van der Waals surface area contributed by atoms with Crippen molar-refractivity contribution in [1.82, 2.24) is 4.90 Å². The Morgan fingerprint density at radius 2 is 1.63 bits per heavy atom. The maximum atomic E-state index is 2.47. The Hall–Kier alpha value is -1.54. The van der Waals surface area contributed by atoms with E-state index in [9.17, 15) is 0 Å². The molecule has 0 radical (unpaired) electrons. The van der Waals surface area contributed by atoms with Crippen LogP contribution in [0.1, 0.15) is 19.4 Å². The Kier molecular flexibility index (Phi) is 4.80. The fourth-order valence-electron chi connectivity index (χ4n) is 2.47. The smallest absolute Gasteiger partial charge is 0.0367 e. The first-order valence-corrected chi connectivity index (χ1v) is 7.07. The molecule has 2 nitrogen and oxygen atoms in total. The molecule has 2 heteroatoms. The normalized spacial score (nSPS) is 18.3. The Bertz CT molecular complexity index is 449. The summed E-state index contributed by atoms with van der Waals surface area (Å²) in [5, 5.41) is 0. The van der Waals surface area contributed by atoms with Crippen LogP contribution in [0.2, 0.25) is 0 Å². The molecule has 0 unspecified atom stereocenters. The van der Waals surface area contributed by atoms with Gasteiger partial charge in [0.2, 0.25) is 0 Å². The first kappa shape index (κ1) is 13.9. The van der Waals surface area contributed by atoms with Crippen molar-refractivity contribution in [1.29, 1.82) is 0 Å². The van der Waals surface area contributed by atoms with E-state index in [0.29, 0.717) is 0 Å². The van der Waals surface area contributed by atoms with E-state index < -0.39 is 0 Å². The van der Waals surface area contributed by atoms with E-state index in [0.717, 1.165) is 26.2 Å². The van der Waals surface area contributed by atoms with Crippen LogP contribution < -0.4 is 4.90 Å². The van der Waals surface area contributed by atoms with Gasteiger partial charge in [0.05, 0.1) is 0 Å². The van der Waals surface area contributed by atoms with Gasteiger partial charge in [-0.25, -0.2) is 0 Å². The molecule has 0 atom stereocenters. The number of nitrogens with zero attached hydrogens (tertiary/aromatic N) is 2. The zero-order valence-electron chi connectivity index (χ0n) is 12.3. The van der Waals surface area contributed by atoms with E-state index >= 15 is 0 Å². The van der Waals surface area contributed by atoms with Crippen molar-refractivity contribution in [3.05, 3.63) is 48.1 Å². The molecule has 0 saturated carbocycles. The third-order valence-corrected chi connectivity index (χ3v) is 3.73. The molecule has 1 fully saturated rings. The van der Waals surface area contributed by atoms with Crippen LogP contribution in [0.3, 0.4) is 0 Å². The van der Waals surface area contributed by atoms with E-state index in [-0.39, 0.29) is 0 Å². The maximum Gasteiger partial charge on any atom is 0.0367 e. The van der Waals surface area contributed by atoms with Gasteiger partial charge in [0.25, 0.3) is 0 Å². The molecule has 1 aliphatic heterocycles. The number of likely N-dealkylation sites (N-methyl/N-ethyl adjacent to an activating group) is 1. The van der Waals surface area contributed by atoms with Gasteiger partial charge in [-0.15, -0.1) is 0 Å². The molecule has 0 amide bonds. The summed E-state index contributed by atoms with van der Waals surface area (Å²) in [6, 6.07) is 8.94. The van der Waals surface area contributed by atoms with Crippen LogP contribution in [-0.4, -0.2) is 38.1 Å². The molecule has 0 N–H and O–H groups in total. The molecule has 19 heavy (non-hydrogen) atoms. The lowest BCUT2D eigenvalue weighted by atomic mass is 10.0. The lowest BCUT2D eigenvalue weighted by Gasteiger charge is -2.34. The molecule has 0 spiro atoms. The lowest BCUT2D eigenvalue weighted by molar-refractivity contribution is 0.313. The van der Waals surface area contributed by atoms with Crippen LogP contribution in [0, 0.1) is 0 Å². The second-order valence-electron chi connectivity index (χ2n) is 5.08. The number of hydrogen-bond donors (Lipinski definition) is 0. The molecular weight excluding hydrogens is 232 g/mol. The Morgan fingerprint density at radius 1 is 1.00 bits per heavy atom. The predicted octanol–water partition coefficient (Wildman–Crippen LogP) is 3.42. The Morgan fingerprint density at radius 3 is 2.16 bits per heavy atom. The molecule has 1 aromatic rings. The summed E-state index contributed by atoms with van der Waals surface area (Å²) in [5.74, 6) is 0. The van der Waals surface area contributed by atoms with Gasteiger partial charge in [0.15, 0.2) is 0 Å². The van der Waals surface area contributed by atoms with Crippen molar-refractivity contribution < 1.29 is 0 Å². The molecule has 0 aliphatic carbocycles. The summed E-state index contributed by atoms with van der Waals surface area (Å²) in [7, 11) is 2.19. The van der Waals surface area contributed by atoms with Gasteiger partial charge in [-0.05, 0) is 44.2 Å². The molecule has 0 bridgehead atoms. The summed E-state index contributed by atoms with van der Waals surface area (Å²) in [5.41, 5.74) is 3.92. The molecule has 1 aliphatic rings. The van der Waals surface area contributed by atoms with Crippen molar-refractivity contribution in [2.75, 3.05) is 38.1 Å². The SMILES string of the molecule is CC=CC(=CC)c1ccc(N2CCN(C)CC2)cc1. The highest BCUT2D eigenvalue weighted by Gasteiger charge is 2.13. The highest BCUT2D eigenvalue weighted by Crippen LogP contribution is 2.21. The summed E-state index contributed by atoms with van der Waals surface area (Å²) in [4.78, 5) is 4.85. The van der Waals surface area contributed by atoms with Crippen LogP contribution in [0.4, 0.5) is 5.69 Å². The third kappa shape index (κ3) is 3.48. The minimum atomic E-state index is 1.13. The van der Waals surface area contributed by atoms with Gasteiger partial charge in [-0.3, -0.25) is 0 Å². The van der Waals surface area contributed by atoms with Crippen LogP contribution in [0.5, 0.6) is 0 Å². The quantitative estimate of drug-likeness (QED) is 0.765. The molecular formula is C17H24N2. The summed E-state index contributed by atoms with van der Waals surface area (Å²) in [6.07, 6.45) is 6.40. The number of rotatable bonds is 3. The van der Waals surface area contributed by atoms with Gasteiger partial charge in [-0.2, -0.15) is 0 Å². The second kappa shape index (κ2) is 6.58. The first-order valence-electron chi connectivity index (χ1n) is 7.07. The fourth-order valence-corrected chi connectivity index (χ4v) is 2.47. The largest absolute Gasteiger partial charge is 0.369 e. The monoisotopic (exact) mass is 256 g/mol. The van der Waals surface area contributed by atoms with E-state index in [4.69, 9.17) is 0 Å². The van der Waals surface area contributed by atoms with Crippen molar-refractivity contribution in [3.8, 4) is 0 Å². The van der Waals surface area contributed by atoms with E-state index in [1.807, 2.05) is 0 Å². The number of allylic oxidation sites excluding steroid dienone is 4. The van der Waals surface area contributed by atoms with Crippen molar-refractivity contribution in [3.63, 3.8) is 0 Å². The molecule has 0 aromatic heterocycles. The minimum absolute atomic E-state index is 1.13. The van der Waals surface area contributed by atoms with Crippen molar-refractivity contribution in [2.24, 2.45) is 0 Å². The Labute approximate surface area is 117 Å². The third-order valence-electron chi connectivity index (χ3n) is 3.73. The number of anilines is 1. The van der Waals surface area contributed by atoms with Gasteiger partial charge >= 0.3 is 0 Å². The lowest BCUT2D eigenvalue weighted by Crippen LogP contribution is -2.44. The average molecular weight is 256 g/mol. The summed E-state index contributed by atoms with van der Waals surface area (Å²) >= 11 is 0. The van der Waals surface area contributed by atoms with Crippen molar-refractivity contribution in [2.45, 2.75) is 13.8 Å². The summed E-state index contributed by atoms with van der Waals surface area (Å²) < 4.78 is 0. The number of hydrogen-bond acceptors (Lipinski definition) is 2. The standard InChI is InChI=1S/C17H24N2/c1-4-6-15(5-2)16-7-9-17(10-8-16)19-13-11-18(3)12-14-19/h4-10H,11-14H2,1-3H3. The molecule has 1 heterocycles. The van der Waals surface area contributed by atoms with Crippen LogP contribution >= 0.6 is 0 Å². The topological polar surface area (TPSA) is 6.48 Å². The predicted molar refractivity (Wildman–Crippen MR) is 84.6 cm³/mol. The van der Waals surface area contributed by atoms with Crippen LogP contribution in [0.15, 0.2) is 42.5 Å². The zero-order valence-corrected chi connectivity index (χ0v) is 12.3. The fraction of sp³-hybridized carbons (Fsp3) is 0.412. The minimum Gasteiger partial charge on any atom is -0.369 e. The highest BCUT2D eigenvalue weighted by molar-refractivity contribution is 5.74. The number of piperazine rings is 1. The van der Waals surface area contributed by atoms with E-state index in [2.05, 4.69) is 73.2 Å². The van der Waals surface area contributed by atoms with E-state index in [1.165, 1.54) is 16.8 Å². The van der Waals surface area contributed by atoms with Gasteiger partial charge in [-0.1, -0.05) is 30.4 Å². The highest BCUT2D eigenvalue weighted by atomic mass is 15.2. The number of benzene rings is 1. The van der Waals surface area contributed by atoms with E-state index in [1.54, 1.807) is 0 Å². The van der Waals surface area contributed by atoms with Gasteiger partial charge in [0, 0.05) is 31.9 Å². The molecule has 1 saturated heterocycles. The molecule has 2 rings (SSSR count). The van der Waals surface area contributed by atoms with Crippen LogP contribution in [0.25, 0.3) is 5.57 Å². The van der Waals surface area contributed by atoms with Crippen LogP contribution in [-0.2, 0) is 0 Å². The second-order valence-corrected chi connectivity index (χ2v) is 5.08. The van der Waals surface area contributed by atoms with Crippen molar-refractivity contribution >= 4 is 11.3 Å². The molecule has 102 valence electrons. The zero-order chi connectivity index (χ0) is 13.7. The van der Waals surface area contributed by atoms with Gasteiger partial charge in [0.1, 0.15) is 0 Å². The molecule has 1 aromatic carbocycles. The average Bonchev–Trinajstić information content (AvgIpc) is 2.46. The Balaban J connectivity index is 2.10. The first-order chi connectivity index (χ1) is 9.24. The maximum absolute atomic E-state index is 2.47. The summed E-state index contributed by atoms with van der Waals surface area (Å²) in [6.45, 7) is 8.70.